The van der Waals surface area contributed by atoms with Crippen LogP contribution in [0.5, 0.6) is 0 Å². The number of nitrogens with two attached hydrogens (primary N) is 1. The largest absolute Gasteiger partial charge is 0.399 e. The molecule has 1 aromatic rings. The predicted octanol–water partition coefficient (Wildman–Crippen LogP) is 2.02. The summed E-state index contributed by atoms with van der Waals surface area (Å²) in [5.41, 5.74) is 6.46. The highest BCUT2D eigenvalue weighted by Crippen LogP contribution is 2.31. The number of hydrogen-bond donors (Lipinski definition) is 1. The fraction of sp³-hybridized carbons (Fsp3) is 0.429. The fourth-order valence-electron chi connectivity index (χ4n) is 2.98. The van der Waals surface area contributed by atoms with Crippen LogP contribution in [0.2, 0.25) is 10.0 Å². The van der Waals surface area contributed by atoms with E-state index in [1.165, 1.54) is 6.07 Å². The lowest BCUT2D eigenvalue weighted by atomic mass is 10.1. The van der Waals surface area contributed by atoms with E-state index in [1.807, 2.05) is 4.90 Å². The highest BCUT2D eigenvalue weighted by Gasteiger charge is 2.37. The molecule has 2 heterocycles. The molecule has 1 aromatic carbocycles. The maximum absolute atomic E-state index is 12.6. The van der Waals surface area contributed by atoms with Crippen LogP contribution in [0.25, 0.3) is 0 Å². The van der Waals surface area contributed by atoms with Crippen molar-refractivity contribution in [2.24, 2.45) is 0 Å². The number of fused-ring (bicyclic) bond motifs is 1. The van der Waals surface area contributed by atoms with Crippen molar-refractivity contribution in [1.29, 1.82) is 0 Å². The molecule has 2 fully saturated rings. The van der Waals surface area contributed by atoms with E-state index in [4.69, 9.17) is 28.9 Å². The molecule has 0 saturated carbocycles. The molecule has 0 aliphatic carbocycles. The third kappa shape index (κ3) is 2.56. The number of benzene rings is 1. The minimum absolute atomic E-state index is 0.116. The number of halogens is 2. The molecule has 0 bridgehead atoms. The molecule has 21 heavy (non-hydrogen) atoms. The summed E-state index contributed by atoms with van der Waals surface area (Å²) in [5.74, 6) is -0.00895. The van der Waals surface area contributed by atoms with Crippen LogP contribution in [0.4, 0.5) is 5.69 Å². The fourth-order valence-corrected chi connectivity index (χ4v) is 3.40. The van der Waals surface area contributed by atoms with Gasteiger partial charge in [-0.15, -0.1) is 0 Å². The Morgan fingerprint density at radius 3 is 2.81 bits per heavy atom. The molecule has 0 aromatic heterocycles. The lowest BCUT2D eigenvalue weighted by molar-refractivity contribution is -0.130. The molecule has 2 aliphatic rings. The van der Waals surface area contributed by atoms with E-state index < -0.39 is 0 Å². The third-order valence-corrected chi connectivity index (χ3v) is 4.86. The van der Waals surface area contributed by atoms with Gasteiger partial charge in [-0.3, -0.25) is 9.59 Å². The summed E-state index contributed by atoms with van der Waals surface area (Å²) >= 11 is 12.1. The molecule has 7 heteroatoms. The van der Waals surface area contributed by atoms with Crippen LogP contribution >= 0.6 is 23.2 Å². The van der Waals surface area contributed by atoms with E-state index in [0.717, 1.165) is 6.42 Å². The molecule has 1 unspecified atom stereocenters. The number of nitrogen functional groups attached to an aromatic ring is 1. The standard InChI is InChI=1S/C14H15Cl2N3O2/c15-11-6-8(17)5-10(13(11)16)14(21)18-3-4-19-9(7-18)1-2-12(19)20/h5-6,9H,1-4,7,17H2. The third-order valence-electron chi connectivity index (χ3n) is 4.06. The first kappa shape index (κ1) is 14.5. The lowest BCUT2D eigenvalue weighted by Gasteiger charge is -2.37. The first-order valence-corrected chi connectivity index (χ1v) is 7.56. The van der Waals surface area contributed by atoms with Crippen LogP contribution < -0.4 is 5.73 Å². The van der Waals surface area contributed by atoms with Gasteiger partial charge in [0.15, 0.2) is 0 Å². The Hall–Kier alpha value is -1.46. The normalized spacial score (nSPS) is 21.6. The molecule has 2 aliphatic heterocycles. The summed E-state index contributed by atoms with van der Waals surface area (Å²) in [6.45, 7) is 1.61. The van der Waals surface area contributed by atoms with E-state index in [1.54, 1.807) is 11.0 Å². The van der Waals surface area contributed by atoms with Crippen LogP contribution in [0, 0.1) is 0 Å². The van der Waals surface area contributed by atoms with Crippen molar-refractivity contribution in [3.05, 3.63) is 27.7 Å². The first-order valence-electron chi connectivity index (χ1n) is 6.80. The summed E-state index contributed by atoms with van der Waals surface area (Å²) in [6.07, 6.45) is 1.37. The topological polar surface area (TPSA) is 66.6 Å². The smallest absolute Gasteiger partial charge is 0.255 e. The second-order valence-electron chi connectivity index (χ2n) is 5.40. The Morgan fingerprint density at radius 1 is 1.29 bits per heavy atom. The number of amides is 2. The van der Waals surface area contributed by atoms with Crippen molar-refractivity contribution in [2.75, 3.05) is 25.4 Å². The Labute approximate surface area is 132 Å². The second-order valence-corrected chi connectivity index (χ2v) is 6.18. The van der Waals surface area contributed by atoms with E-state index in [-0.39, 0.29) is 27.9 Å². The molecule has 2 N–H and O–H groups in total. The van der Waals surface area contributed by atoms with Crippen LogP contribution in [0.1, 0.15) is 23.2 Å². The molecule has 2 amide bonds. The summed E-state index contributed by atoms with van der Waals surface area (Å²) < 4.78 is 0. The van der Waals surface area contributed by atoms with Crippen LogP contribution in [0.15, 0.2) is 12.1 Å². The maximum atomic E-state index is 12.6. The first-order chi connectivity index (χ1) is 9.97. The SMILES string of the molecule is Nc1cc(Cl)c(Cl)c(C(=O)N2CCN3C(=O)CCC3C2)c1. The van der Waals surface area contributed by atoms with E-state index in [9.17, 15) is 9.59 Å². The molecular weight excluding hydrogens is 313 g/mol. The zero-order valence-electron chi connectivity index (χ0n) is 11.3. The summed E-state index contributed by atoms with van der Waals surface area (Å²) in [5, 5.41) is 0.496. The zero-order chi connectivity index (χ0) is 15.1. The molecule has 112 valence electrons. The molecule has 2 saturated heterocycles. The van der Waals surface area contributed by atoms with Gasteiger partial charge in [0.05, 0.1) is 15.6 Å². The molecule has 0 radical (unpaired) electrons. The van der Waals surface area contributed by atoms with Crippen LogP contribution in [-0.2, 0) is 4.79 Å². The summed E-state index contributed by atoms with van der Waals surface area (Å²) in [6, 6.07) is 3.18. The minimum atomic E-state index is -0.187. The van der Waals surface area contributed by atoms with Crippen molar-refractivity contribution >= 4 is 40.7 Å². The van der Waals surface area contributed by atoms with Crippen molar-refractivity contribution in [3.8, 4) is 0 Å². The van der Waals surface area contributed by atoms with Crippen molar-refractivity contribution in [1.82, 2.24) is 9.80 Å². The number of nitrogens with zero attached hydrogens (tertiary/aromatic N) is 2. The van der Waals surface area contributed by atoms with Crippen LogP contribution in [0.3, 0.4) is 0 Å². The van der Waals surface area contributed by atoms with Gasteiger partial charge in [0.2, 0.25) is 5.91 Å². The molecule has 3 rings (SSSR count). The highest BCUT2D eigenvalue weighted by molar-refractivity contribution is 6.44. The minimum Gasteiger partial charge on any atom is -0.399 e. The van der Waals surface area contributed by atoms with Gasteiger partial charge in [-0.25, -0.2) is 0 Å². The number of hydrogen-bond acceptors (Lipinski definition) is 3. The van der Waals surface area contributed by atoms with Gasteiger partial charge in [0.1, 0.15) is 0 Å². The molecule has 0 spiro atoms. The quantitative estimate of drug-likeness (QED) is 0.802. The number of carbonyl (C=O) groups excluding carboxylic acids is 2. The summed E-state index contributed by atoms with van der Waals surface area (Å²) in [7, 11) is 0. The van der Waals surface area contributed by atoms with Crippen molar-refractivity contribution in [2.45, 2.75) is 18.9 Å². The monoisotopic (exact) mass is 327 g/mol. The Balaban J connectivity index is 1.82. The lowest BCUT2D eigenvalue weighted by Crippen LogP contribution is -2.53. The predicted molar refractivity (Wildman–Crippen MR) is 81.5 cm³/mol. The molecular formula is C14H15Cl2N3O2. The Morgan fingerprint density at radius 2 is 2.05 bits per heavy atom. The van der Waals surface area contributed by atoms with Crippen LogP contribution in [-0.4, -0.2) is 47.3 Å². The van der Waals surface area contributed by atoms with Gasteiger partial charge < -0.3 is 15.5 Å². The summed E-state index contributed by atoms with van der Waals surface area (Å²) in [4.78, 5) is 27.9. The number of carbonyl (C=O) groups is 2. The van der Waals surface area contributed by atoms with Gasteiger partial charge in [-0.05, 0) is 18.6 Å². The van der Waals surface area contributed by atoms with Gasteiger partial charge in [0, 0.05) is 37.8 Å². The average molecular weight is 328 g/mol. The van der Waals surface area contributed by atoms with E-state index >= 15 is 0 Å². The number of rotatable bonds is 1. The Kier molecular flexibility index (Phi) is 3.71. The average Bonchev–Trinajstić information content (AvgIpc) is 2.83. The Bertz CT molecular complexity index is 620. The van der Waals surface area contributed by atoms with Crippen molar-refractivity contribution < 1.29 is 9.59 Å². The number of anilines is 1. The zero-order valence-corrected chi connectivity index (χ0v) is 12.8. The second kappa shape index (κ2) is 5.39. The van der Waals surface area contributed by atoms with Gasteiger partial charge >= 0.3 is 0 Å². The van der Waals surface area contributed by atoms with E-state index in [0.29, 0.717) is 37.3 Å². The molecule has 5 nitrogen and oxygen atoms in total. The van der Waals surface area contributed by atoms with Gasteiger partial charge in [-0.1, -0.05) is 23.2 Å². The van der Waals surface area contributed by atoms with Gasteiger partial charge in [0.25, 0.3) is 5.91 Å². The van der Waals surface area contributed by atoms with E-state index in [2.05, 4.69) is 0 Å². The molecule has 1 atom stereocenters. The number of piperazine rings is 1. The highest BCUT2D eigenvalue weighted by atomic mass is 35.5. The maximum Gasteiger partial charge on any atom is 0.255 e. The van der Waals surface area contributed by atoms with Gasteiger partial charge in [-0.2, -0.15) is 0 Å². The van der Waals surface area contributed by atoms with Crippen molar-refractivity contribution in [3.63, 3.8) is 0 Å².